The number of hydrogen-bond donors (Lipinski definition) is 2. The molecule has 1 amide bonds. The fraction of sp³-hybridized carbons (Fsp3) is 0.300. The lowest BCUT2D eigenvalue weighted by molar-refractivity contribution is 0.0994. The lowest BCUT2D eigenvalue weighted by atomic mass is 10.3. The maximum Gasteiger partial charge on any atom is 0.269 e. The van der Waals surface area contributed by atoms with E-state index >= 15 is 0 Å². The predicted octanol–water partition coefficient (Wildman–Crippen LogP) is -0.641. The number of aromatic nitrogens is 5. The van der Waals surface area contributed by atoms with Crippen LogP contribution in [0, 0.1) is 0 Å². The van der Waals surface area contributed by atoms with Gasteiger partial charge >= 0.3 is 0 Å². The van der Waals surface area contributed by atoms with E-state index in [4.69, 9.17) is 5.73 Å². The average Bonchev–Trinajstić information content (AvgIpc) is 2.76. The first-order valence-electron chi connectivity index (χ1n) is 5.37. The third-order valence-corrected chi connectivity index (χ3v) is 2.22. The molecule has 0 fully saturated rings. The van der Waals surface area contributed by atoms with E-state index < -0.39 is 5.91 Å². The van der Waals surface area contributed by atoms with E-state index in [0.29, 0.717) is 18.8 Å². The van der Waals surface area contributed by atoms with Crippen molar-refractivity contribution in [2.24, 2.45) is 12.8 Å². The van der Waals surface area contributed by atoms with Gasteiger partial charge in [-0.05, 0) is 12.1 Å². The molecule has 2 aromatic rings. The van der Waals surface area contributed by atoms with E-state index in [1.807, 2.05) is 7.05 Å². The molecule has 8 nitrogen and oxygen atoms in total. The first-order chi connectivity index (χ1) is 8.65. The molecule has 18 heavy (non-hydrogen) atoms. The van der Waals surface area contributed by atoms with Gasteiger partial charge in [0.05, 0.1) is 0 Å². The third kappa shape index (κ3) is 3.00. The Kier molecular flexibility index (Phi) is 3.46. The minimum atomic E-state index is -0.591. The van der Waals surface area contributed by atoms with Crippen molar-refractivity contribution in [3.05, 3.63) is 30.0 Å². The third-order valence-electron chi connectivity index (χ3n) is 2.22. The fourth-order valence-corrected chi connectivity index (χ4v) is 1.36. The van der Waals surface area contributed by atoms with Crippen molar-refractivity contribution in [3.8, 4) is 0 Å². The number of nitrogens with two attached hydrogens (primary N) is 1. The highest BCUT2D eigenvalue weighted by Crippen LogP contribution is 2.01. The highest BCUT2D eigenvalue weighted by molar-refractivity contribution is 5.90. The summed E-state index contributed by atoms with van der Waals surface area (Å²) in [5, 5.41) is 14.7. The second kappa shape index (κ2) is 5.21. The first-order valence-corrected chi connectivity index (χ1v) is 5.37. The summed E-state index contributed by atoms with van der Waals surface area (Å²) >= 11 is 0. The molecule has 0 saturated carbocycles. The number of carbonyl (C=O) groups is 1. The van der Waals surface area contributed by atoms with Gasteiger partial charge in [-0.1, -0.05) is 0 Å². The van der Waals surface area contributed by atoms with Gasteiger partial charge in [-0.15, -0.1) is 10.2 Å². The summed E-state index contributed by atoms with van der Waals surface area (Å²) in [6.45, 7) is 0.634. The van der Waals surface area contributed by atoms with E-state index in [9.17, 15) is 4.79 Å². The van der Waals surface area contributed by atoms with Crippen LogP contribution in [0.3, 0.4) is 0 Å². The normalized spacial score (nSPS) is 10.3. The van der Waals surface area contributed by atoms with E-state index in [0.717, 1.165) is 5.82 Å². The Hall–Kier alpha value is -2.51. The molecule has 0 saturated heterocycles. The number of nitrogens with one attached hydrogen (secondary N) is 1. The topological polar surface area (TPSA) is 112 Å². The van der Waals surface area contributed by atoms with E-state index in [1.165, 1.54) is 6.07 Å². The zero-order valence-electron chi connectivity index (χ0n) is 9.87. The van der Waals surface area contributed by atoms with Crippen LogP contribution in [0.15, 0.2) is 18.5 Å². The number of amides is 1. The molecule has 0 aliphatic rings. The van der Waals surface area contributed by atoms with Gasteiger partial charge in [0.1, 0.15) is 12.1 Å². The maximum absolute atomic E-state index is 10.8. The van der Waals surface area contributed by atoms with Gasteiger partial charge in [-0.3, -0.25) is 9.48 Å². The molecule has 0 spiro atoms. The summed E-state index contributed by atoms with van der Waals surface area (Å²) in [6.07, 6.45) is 2.33. The predicted molar refractivity (Wildman–Crippen MR) is 63.7 cm³/mol. The summed E-state index contributed by atoms with van der Waals surface area (Å²) in [6, 6.07) is 3.18. The Labute approximate surface area is 103 Å². The van der Waals surface area contributed by atoms with Crippen molar-refractivity contribution in [1.82, 2.24) is 25.0 Å². The largest absolute Gasteiger partial charge is 0.368 e. The minimum Gasteiger partial charge on any atom is -0.368 e. The summed E-state index contributed by atoms with van der Waals surface area (Å²) in [4.78, 5) is 14.9. The minimum absolute atomic E-state index is 0.145. The lowest BCUT2D eigenvalue weighted by Crippen LogP contribution is -2.15. The lowest BCUT2D eigenvalue weighted by Gasteiger charge is -2.02. The number of anilines is 1. The molecule has 0 aliphatic heterocycles. The molecule has 0 aliphatic carbocycles. The van der Waals surface area contributed by atoms with Gasteiger partial charge in [0.25, 0.3) is 5.91 Å². The van der Waals surface area contributed by atoms with E-state index in [2.05, 4.69) is 25.6 Å². The van der Waals surface area contributed by atoms with Crippen LogP contribution >= 0.6 is 0 Å². The molecule has 0 atom stereocenters. The average molecular weight is 247 g/mol. The summed E-state index contributed by atoms with van der Waals surface area (Å²) < 4.78 is 1.65. The van der Waals surface area contributed by atoms with Crippen LogP contribution in [0.25, 0.3) is 0 Å². The van der Waals surface area contributed by atoms with Crippen LogP contribution in [0.5, 0.6) is 0 Å². The molecule has 0 bridgehead atoms. The van der Waals surface area contributed by atoms with Gasteiger partial charge in [-0.25, -0.2) is 4.98 Å². The molecular formula is C10H13N7O. The fourth-order valence-electron chi connectivity index (χ4n) is 1.36. The Bertz CT molecular complexity index is 533. The molecule has 2 aromatic heterocycles. The van der Waals surface area contributed by atoms with E-state index in [-0.39, 0.29) is 5.69 Å². The van der Waals surface area contributed by atoms with Crippen molar-refractivity contribution in [2.45, 2.75) is 6.42 Å². The van der Waals surface area contributed by atoms with Gasteiger partial charge in [0.15, 0.2) is 11.5 Å². The van der Waals surface area contributed by atoms with Crippen LogP contribution in [0.4, 0.5) is 5.82 Å². The standard InChI is InChI=1S/C10H13N7O/c1-17-6-13-9(16-17)4-5-12-8-3-2-7(10(11)18)14-15-8/h2-3,6H,4-5H2,1H3,(H2,11,18)(H,12,15). The zero-order valence-corrected chi connectivity index (χ0v) is 9.87. The van der Waals surface area contributed by atoms with Crippen LogP contribution in [0.1, 0.15) is 16.3 Å². The molecule has 2 rings (SSSR count). The van der Waals surface area contributed by atoms with Crippen LogP contribution < -0.4 is 11.1 Å². The van der Waals surface area contributed by atoms with Crippen molar-refractivity contribution < 1.29 is 4.79 Å². The highest BCUT2D eigenvalue weighted by atomic mass is 16.1. The Balaban J connectivity index is 1.85. The van der Waals surface area contributed by atoms with Crippen molar-refractivity contribution >= 4 is 11.7 Å². The second-order valence-corrected chi connectivity index (χ2v) is 3.68. The molecule has 0 aromatic carbocycles. The van der Waals surface area contributed by atoms with E-state index in [1.54, 1.807) is 17.1 Å². The number of primary amides is 1. The number of hydrogen-bond acceptors (Lipinski definition) is 6. The number of carbonyl (C=O) groups excluding carboxylic acids is 1. The molecule has 0 unspecified atom stereocenters. The molecule has 2 heterocycles. The Morgan fingerprint density at radius 2 is 2.28 bits per heavy atom. The Morgan fingerprint density at radius 3 is 2.83 bits per heavy atom. The number of nitrogens with zero attached hydrogens (tertiary/aromatic N) is 5. The van der Waals surface area contributed by atoms with Gasteiger partial charge in [0, 0.05) is 20.0 Å². The Morgan fingerprint density at radius 1 is 1.44 bits per heavy atom. The zero-order chi connectivity index (χ0) is 13.0. The van der Waals surface area contributed by atoms with Crippen molar-refractivity contribution in [2.75, 3.05) is 11.9 Å². The van der Waals surface area contributed by atoms with Gasteiger partial charge < -0.3 is 11.1 Å². The molecule has 0 radical (unpaired) electrons. The second-order valence-electron chi connectivity index (χ2n) is 3.68. The van der Waals surface area contributed by atoms with Crippen LogP contribution in [-0.4, -0.2) is 37.4 Å². The van der Waals surface area contributed by atoms with Crippen molar-refractivity contribution in [1.29, 1.82) is 0 Å². The van der Waals surface area contributed by atoms with Gasteiger partial charge in [-0.2, -0.15) is 5.10 Å². The van der Waals surface area contributed by atoms with Crippen LogP contribution in [0.2, 0.25) is 0 Å². The first kappa shape index (κ1) is 12.0. The summed E-state index contributed by atoms with van der Waals surface area (Å²) in [7, 11) is 1.82. The summed E-state index contributed by atoms with van der Waals surface area (Å²) in [5.74, 6) is 0.745. The number of rotatable bonds is 5. The smallest absolute Gasteiger partial charge is 0.269 e. The summed E-state index contributed by atoms with van der Waals surface area (Å²) in [5.41, 5.74) is 5.21. The molecule has 3 N–H and O–H groups in total. The highest BCUT2D eigenvalue weighted by Gasteiger charge is 2.03. The SMILES string of the molecule is Cn1cnc(CCNc2ccc(C(N)=O)nn2)n1. The number of aryl methyl sites for hydroxylation is 1. The van der Waals surface area contributed by atoms with Crippen molar-refractivity contribution in [3.63, 3.8) is 0 Å². The monoisotopic (exact) mass is 247 g/mol. The van der Waals surface area contributed by atoms with Crippen LogP contribution in [-0.2, 0) is 13.5 Å². The maximum atomic E-state index is 10.8. The quantitative estimate of drug-likeness (QED) is 0.726. The molecule has 8 heteroatoms. The molecular weight excluding hydrogens is 234 g/mol. The van der Waals surface area contributed by atoms with Gasteiger partial charge in [0.2, 0.25) is 0 Å². The molecule has 94 valence electrons.